The highest BCUT2D eigenvalue weighted by molar-refractivity contribution is 5.19. The van der Waals surface area contributed by atoms with Crippen molar-refractivity contribution in [1.29, 1.82) is 0 Å². The highest BCUT2D eigenvalue weighted by atomic mass is 16.5. The Balaban J connectivity index is 2.76. The maximum Gasteiger partial charge on any atom is 0.128 e. The minimum atomic E-state index is -0.454. The third kappa shape index (κ3) is 1.85. The summed E-state index contributed by atoms with van der Waals surface area (Å²) in [7, 11) is 1.60. The van der Waals surface area contributed by atoms with Gasteiger partial charge in [-0.15, -0.1) is 0 Å². The lowest BCUT2D eigenvalue weighted by Crippen LogP contribution is -2.15. The molecule has 1 atom stereocenters. The SMILES string of the molecule is COCc1ccoc1[C@@H](N)CO. The average Bonchev–Trinajstić information content (AvgIpc) is 2.52. The van der Waals surface area contributed by atoms with Crippen molar-refractivity contribution >= 4 is 0 Å². The van der Waals surface area contributed by atoms with Gasteiger partial charge in [0.25, 0.3) is 0 Å². The molecule has 0 fully saturated rings. The van der Waals surface area contributed by atoms with E-state index in [-0.39, 0.29) is 6.61 Å². The van der Waals surface area contributed by atoms with Crippen molar-refractivity contribution in [2.45, 2.75) is 12.6 Å². The maximum atomic E-state index is 8.77. The predicted octanol–water partition coefficient (Wildman–Crippen LogP) is 0.418. The molecule has 0 radical (unpaired) electrons. The predicted molar refractivity (Wildman–Crippen MR) is 43.4 cm³/mol. The first-order valence-corrected chi connectivity index (χ1v) is 3.71. The van der Waals surface area contributed by atoms with Crippen molar-refractivity contribution in [2.24, 2.45) is 5.73 Å². The van der Waals surface area contributed by atoms with E-state index in [1.54, 1.807) is 19.4 Å². The Kier molecular flexibility index (Phi) is 3.28. The van der Waals surface area contributed by atoms with Gasteiger partial charge < -0.3 is 20.0 Å². The lowest BCUT2D eigenvalue weighted by molar-refractivity contribution is 0.180. The zero-order valence-electron chi connectivity index (χ0n) is 6.99. The second-order valence-corrected chi connectivity index (χ2v) is 2.53. The number of rotatable bonds is 4. The number of hydrogen-bond donors (Lipinski definition) is 2. The largest absolute Gasteiger partial charge is 0.467 e. The van der Waals surface area contributed by atoms with Crippen molar-refractivity contribution in [3.8, 4) is 0 Å². The van der Waals surface area contributed by atoms with Gasteiger partial charge in [-0.1, -0.05) is 0 Å². The monoisotopic (exact) mass is 171 g/mol. The fourth-order valence-electron chi connectivity index (χ4n) is 1.03. The Morgan fingerprint density at radius 1 is 1.75 bits per heavy atom. The Morgan fingerprint density at radius 2 is 2.50 bits per heavy atom. The summed E-state index contributed by atoms with van der Waals surface area (Å²) in [5.41, 5.74) is 6.46. The zero-order valence-corrected chi connectivity index (χ0v) is 6.99. The molecule has 0 spiro atoms. The molecule has 0 saturated carbocycles. The molecular weight excluding hydrogens is 158 g/mol. The molecular formula is C8H13NO3. The van der Waals surface area contributed by atoms with Crippen LogP contribution in [-0.2, 0) is 11.3 Å². The topological polar surface area (TPSA) is 68.6 Å². The Labute approximate surface area is 70.9 Å². The first-order chi connectivity index (χ1) is 5.79. The van der Waals surface area contributed by atoms with Gasteiger partial charge in [0.15, 0.2) is 0 Å². The first-order valence-electron chi connectivity index (χ1n) is 3.71. The number of nitrogens with two attached hydrogens (primary N) is 1. The summed E-state index contributed by atoms with van der Waals surface area (Å²) in [5, 5.41) is 8.77. The Morgan fingerprint density at radius 3 is 3.08 bits per heavy atom. The van der Waals surface area contributed by atoms with Crippen LogP contribution in [0.5, 0.6) is 0 Å². The van der Waals surface area contributed by atoms with E-state index in [0.717, 1.165) is 5.56 Å². The van der Waals surface area contributed by atoms with Crippen LogP contribution in [0.2, 0.25) is 0 Å². The number of aliphatic hydroxyl groups is 1. The Hall–Kier alpha value is -0.840. The summed E-state index contributed by atoms with van der Waals surface area (Å²) >= 11 is 0. The summed E-state index contributed by atoms with van der Waals surface area (Å²) in [6, 6.07) is 1.33. The molecule has 0 bridgehead atoms. The van der Waals surface area contributed by atoms with Crippen LogP contribution in [0.25, 0.3) is 0 Å². The quantitative estimate of drug-likeness (QED) is 0.688. The molecule has 4 heteroatoms. The van der Waals surface area contributed by atoms with Crippen LogP contribution in [0.3, 0.4) is 0 Å². The number of methoxy groups -OCH3 is 1. The van der Waals surface area contributed by atoms with Crippen LogP contribution in [-0.4, -0.2) is 18.8 Å². The number of aliphatic hydroxyl groups excluding tert-OH is 1. The van der Waals surface area contributed by atoms with Gasteiger partial charge in [-0.3, -0.25) is 0 Å². The second kappa shape index (κ2) is 4.25. The molecule has 0 amide bonds. The van der Waals surface area contributed by atoms with Crippen LogP contribution in [0, 0.1) is 0 Å². The lowest BCUT2D eigenvalue weighted by atomic mass is 10.1. The zero-order chi connectivity index (χ0) is 8.97. The highest BCUT2D eigenvalue weighted by Crippen LogP contribution is 2.17. The van der Waals surface area contributed by atoms with Crippen molar-refractivity contribution in [1.82, 2.24) is 0 Å². The molecule has 0 aromatic carbocycles. The van der Waals surface area contributed by atoms with E-state index in [1.807, 2.05) is 0 Å². The summed E-state index contributed by atoms with van der Waals surface area (Å²) in [6.07, 6.45) is 1.54. The molecule has 3 N–H and O–H groups in total. The van der Waals surface area contributed by atoms with Gasteiger partial charge in [0, 0.05) is 12.7 Å². The van der Waals surface area contributed by atoms with Crippen molar-refractivity contribution in [3.63, 3.8) is 0 Å². The summed E-state index contributed by atoms with van der Waals surface area (Å²) in [5.74, 6) is 0.597. The van der Waals surface area contributed by atoms with Crippen molar-refractivity contribution in [2.75, 3.05) is 13.7 Å². The fraction of sp³-hybridized carbons (Fsp3) is 0.500. The molecule has 68 valence electrons. The maximum absolute atomic E-state index is 8.77. The van der Waals surface area contributed by atoms with E-state index in [0.29, 0.717) is 12.4 Å². The standard InChI is InChI=1S/C8H13NO3/c1-11-5-6-2-3-12-8(6)7(9)4-10/h2-3,7,10H,4-5,9H2,1H3/t7-/m0/s1. The first kappa shape index (κ1) is 9.25. The van der Waals surface area contributed by atoms with Gasteiger partial charge in [-0.2, -0.15) is 0 Å². The second-order valence-electron chi connectivity index (χ2n) is 2.53. The van der Waals surface area contributed by atoms with Gasteiger partial charge in [0.1, 0.15) is 5.76 Å². The van der Waals surface area contributed by atoms with E-state index < -0.39 is 6.04 Å². The molecule has 1 heterocycles. The van der Waals surface area contributed by atoms with Crippen molar-refractivity contribution < 1.29 is 14.3 Å². The molecule has 1 aromatic heterocycles. The molecule has 0 unspecified atom stereocenters. The molecule has 0 aliphatic heterocycles. The van der Waals surface area contributed by atoms with E-state index in [1.165, 1.54) is 0 Å². The summed E-state index contributed by atoms with van der Waals surface area (Å²) in [4.78, 5) is 0. The minimum Gasteiger partial charge on any atom is -0.467 e. The summed E-state index contributed by atoms with van der Waals surface area (Å²) in [6.45, 7) is 0.337. The van der Waals surface area contributed by atoms with Crippen molar-refractivity contribution in [3.05, 3.63) is 23.7 Å². The molecule has 4 nitrogen and oxygen atoms in total. The third-order valence-corrected chi connectivity index (χ3v) is 1.61. The minimum absolute atomic E-state index is 0.121. The van der Waals surface area contributed by atoms with Gasteiger partial charge in [-0.05, 0) is 6.07 Å². The van der Waals surface area contributed by atoms with Gasteiger partial charge in [-0.25, -0.2) is 0 Å². The van der Waals surface area contributed by atoms with E-state index in [9.17, 15) is 0 Å². The number of hydrogen-bond acceptors (Lipinski definition) is 4. The highest BCUT2D eigenvalue weighted by Gasteiger charge is 2.13. The third-order valence-electron chi connectivity index (χ3n) is 1.61. The molecule has 12 heavy (non-hydrogen) atoms. The van der Waals surface area contributed by atoms with Crippen LogP contribution < -0.4 is 5.73 Å². The van der Waals surface area contributed by atoms with E-state index >= 15 is 0 Å². The van der Waals surface area contributed by atoms with Crippen LogP contribution in [0.4, 0.5) is 0 Å². The van der Waals surface area contributed by atoms with Gasteiger partial charge in [0.05, 0.1) is 25.5 Å². The van der Waals surface area contributed by atoms with E-state index in [4.69, 9.17) is 20.0 Å². The molecule has 1 rings (SSSR count). The smallest absolute Gasteiger partial charge is 0.128 e. The fourth-order valence-corrected chi connectivity index (χ4v) is 1.03. The number of ether oxygens (including phenoxy) is 1. The Bertz CT molecular complexity index is 234. The van der Waals surface area contributed by atoms with Crippen LogP contribution >= 0.6 is 0 Å². The molecule has 1 aromatic rings. The van der Waals surface area contributed by atoms with Gasteiger partial charge >= 0.3 is 0 Å². The van der Waals surface area contributed by atoms with Gasteiger partial charge in [0.2, 0.25) is 0 Å². The molecule has 0 saturated heterocycles. The van der Waals surface area contributed by atoms with E-state index in [2.05, 4.69) is 0 Å². The normalized spacial score (nSPS) is 13.2. The van der Waals surface area contributed by atoms with Crippen LogP contribution in [0.1, 0.15) is 17.4 Å². The summed E-state index contributed by atoms with van der Waals surface area (Å²) < 4.78 is 10.0. The van der Waals surface area contributed by atoms with Crippen LogP contribution in [0.15, 0.2) is 16.7 Å². The molecule has 0 aliphatic rings. The average molecular weight is 171 g/mol. The molecule has 0 aliphatic carbocycles. The lowest BCUT2D eigenvalue weighted by Gasteiger charge is -2.06. The number of furan rings is 1.